The van der Waals surface area contributed by atoms with E-state index in [0.717, 1.165) is 37.5 Å². The molecule has 2 atom stereocenters. The summed E-state index contributed by atoms with van der Waals surface area (Å²) < 4.78 is 43.8. The molecule has 3 rings (SSSR count). The third-order valence-corrected chi connectivity index (χ3v) is 4.32. The van der Waals surface area contributed by atoms with Gasteiger partial charge in [-0.2, -0.15) is 13.2 Å². The van der Waals surface area contributed by atoms with Gasteiger partial charge in [0.15, 0.2) is 0 Å². The first-order valence-corrected chi connectivity index (χ1v) is 8.89. The zero-order valence-electron chi connectivity index (χ0n) is 15.3. The van der Waals surface area contributed by atoms with Gasteiger partial charge < -0.3 is 10.1 Å². The molecule has 5 nitrogen and oxygen atoms in total. The van der Waals surface area contributed by atoms with Crippen LogP contribution in [-0.4, -0.2) is 40.2 Å². The van der Waals surface area contributed by atoms with E-state index >= 15 is 0 Å². The molecule has 0 bridgehead atoms. The summed E-state index contributed by atoms with van der Waals surface area (Å²) in [6, 6.07) is 8.85. The Morgan fingerprint density at radius 3 is 2.33 bits per heavy atom. The summed E-state index contributed by atoms with van der Waals surface area (Å²) >= 11 is 0. The molecule has 2 heterocycles. The monoisotopic (exact) mass is 380 g/mol. The van der Waals surface area contributed by atoms with Crippen LogP contribution in [0.5, 0.6) is 0 Å². The number of morpholine rings is 1. The maximum absolute atomic E-state index is 12.7. The standard InChI is InChI=1S/C19H23F3N4O/c1-13-10-26(11-14(2)27-13)12-16-5-3-15(4-6-16)9-24-18-23-8-7-17(25-18)19(20,21)22/h3-8,13-14H,9-12H2,1-2H3,(H,23,24,25)/t13-,14+. The van der Waals surface area contributed by atoms with Gasteiger partial charge in [0.25, 0.3) is 0 Å². The lowest BCUT2D eigenvalue weighted by Gasteiger charge is -2.35. The molecule has 0 amide bonds. The fourth-order valence-corrected chi connectivity index (χ4v) is 3.22. The van der Waals surface area contributed by atoms with Gasteiger partial charge in [-0.05, 0) is 31.0 Å². The highest BCUT2D eigenvalue weighted by Gasteiger charge is 2.32. The molecule has 0 radical (unpaired) electrons. The molecule has 146 valence electrons. The van der Waals surface area contributed by atoms with Crippen molar-refractivity contribution in [3.05, 3.63) is 53.3 Å². The Hall–Kier alpha value is -2.19. The third kappa shape index (κ3) is 5.64. The minimum Gasteiger partial charge on any atom is -0.373 e. The van der Waals surface area contributed by atoms with E-state index in [0.29, 0.717) is 6.54 Å². The number of ether oxygens (including phenoxy) is 1. The van der Waals surface area contributed by atoms with Crippen molar-refractivity contribution in [3.8, 4) is 0 Å². The molecular weight excluding hydrogens is 357 g/mol. The highest BCUT2D eigenvalue weighted by molar-refractivity contribution is 5.30. The second-order valence-corrected chi connectivity index (χ2v) is 6.88. The fraction of sp³-hybridized carbons (Fsp3) is 0.474. The Balaban J connectivity index is 1.55. The average molecular weight is 380 g/mol. The fourth-order valence-electron chi connectivity index (χ4n) is 3.22. The number of halogens is 3. The van der Waals surface area contributed by atoms with Gasteiger partial charge >= 0.3 is 6.18 Å². The number of anilines is 1. The topological polar surface area (TPSA) is 50.3 Å². The van der Waals surface area contributed by atoms with E-state index in [4.69, 9.17) is 4.74 Å². The third-order valence-electron chi connectivity index (χ3n) is 4.32. The number of hydrogen-bond acceptors (Lipinski definition) is 5. The Morgan fingerprint density at radius 2 is 1.70 bits per heavy atom. The molecule has 0 unspecified atom stereocenters. The van der Waals surface area contributed by atoms with Gasteiger partial charge in [0.05, 0.1) is 12.2 Å². The quantitative estimate of drug-likeness (QED) is 0.857. The molecule has 2 aromatic rings. The van der Waals surface area contributed by atoms with E-state index < -0.39 is 11.9 Å². The zero-order valence-corrected chi connectivity index (χ0v) is 15.3. The summed E-state index contributed by atoms with van der Waals surface area (Å²) in [7, 11) is 0. The van der Waals surface area contributed by atoms with Gasteiger partial charge in [0.2, 0.25) is 5.95 Å². The number of nitrogens with zero attached hydrogens (tertiary/aromatic N) is 3. The Morgan fingerprint density at radius 1 is 1.07 bits per heavy atom. The van der Waals surface area contributed by atoms with Crippen LogP contribution in [0, 0.1) is 0 Å². The van der Waals surface area contributed by atoms with Gasteiger partial charge in [0, 0.05) is 32.4 Å². The van der Waals surface area contributed by atoms with Crippen molar-refractivity contribution in [1.82, 2.24) is 14.9 Å². The SMILES string of the molecule is C[C@@H]1CN(Cc2ccc(CNc3nccc(C(F)(F)F)n3)cc2)C[C@H](C)O1. The summed E-state index contributed by atoms with van der Waals surface area (Å²) in [6.07, 6.45) is -2.92. The van der Waals surface area contributed by atoms with Crippen molar-refractivity contribution < 1.29 is 17.9 Å². The van der Waals surface area contributed by atoms with Crippen LogP contribution >= 0.6 is 0 Å². The van der Waals surface area contributed by atoms with Crippen LogP contribution in [0.1, 0.15) is 30.7 Å². The minimum atomic E-state index is -4.48. The molecule has 8 heteroatoms. The molecule has 1 aromatic carbocycles. The Bertz CT molecular complexity index is 741. The molecule has 0 spiro atoms. The smallest absolute Gasteiger partial charge is 0.373 e. The second-order valence-electron chi connectivity index (χ2n) is 6.88. The molecular formula is C19H23F3N4O. The van der Waals surface area contributed by atoms with Crippen molar-refractivity contribution in [1.29, 1.82) is 0 Å². The minimum absolute atomic E-state index is 0.0369. The van der Waals surface area contributed by atoms with Gasteiger partial charge in [-0.15, -0.1) is 0 Å². The first-order chi connectivity index (χ1) is 12.8. The average Bonchev–Trinajstić information content (AvgIpc) is 2.60. The van der Waals surface area contributed by atoms with E-state index in [1.54, 1.807) is 0 Å². The number of rotatable bonds is 5. The lowest BCUT2D eigenvalue weighted by atomic mass is 10.1. The molecule has 27 heavy (non-hydrogen) atoms. The van der Waals surface area contributed by atoms with Crippen molar-refractivity contribution in [2.24, 2.45) is 0 Å². The zero-order chi connectivity index (χ0) is 19.4. The highest BCUT2D eigenvalue weighted by atomic mass is 19.4. The molecule has 1 fully saturated rings. The van der Waals surface area contributed by atoms with Gasteiger partial charge in [-0.3, -0.25) is 4.90 Å². The first kappa shape index (κ1) is 19.6. The largest absolute Gasteiger partial charge is 0.433 e. The van der Waals surface area contributed by atoms with Crippen LogP contribution in [0.2, 0.25) is 0 Å². The number of benzene rings is 1. The number of hydrogen-bond donors (Lipinski definition) is 1. The molecule has 1 aliphatic heterocycles. The summed E-state index contributed by atoms with van der Waals surface area (Å²) in [5, 5.41) is 2.84. The van der Waals surface area contributed by atoms with Crippen LogP contribution < -0.4 is 5.32 Å². The molecule has 1 aromatic heterocycles. The maximum atomic E-state index is 12.7. The van der Waals surface area contributed by atoms with Crippen molar-refractivity contribution in [2.45, 2.75) is 45.3 Å². The summed E-state index contributed by atoms with van der Waals surface area (Å²) in [5.74, 6) is -0.0369. The molecule has 0 saturated carbocycles. The van der Waals surface area contributed by atoms with Crippen molar-refractivity contribution in [2.75, 3.05) is 18.4 Å². The van der Waals surface area contributed by atoms with Crippen molar-refractivity contribution >= 4 is 5.95 Å². The Kier molecular flexibility index (Phi) is 5.96. The van der Waals surface area contributed by atoms with Gasteiger partial charge in [-0.25, -0.2) is 9.97 Å². The lowest BCUT2D eigenvalue weighted by Crippen LogP contribution is -2.44. The van der Waals surface area contributed by atoms with Crippen LogP contribution in [0.3, 0.4) is 0 Å². The molecule has 0 aliphatic carbocycles. The predicted octanol–water partition coefficient (Wildman–Crippen LogP) is 3.72. The van der Waals surface area contributed by atoms with Gasteiger partial charge in [-0.1, -0.05) is 24.3 Å². The number of alkyl halides is 3. The lowest BCUT2D eigenvalue weighted by molar-refractivity contribution is -0.141. The highest BCUT2D eigenvalue weighted by Crippen LogP contribution is 2.27. The predicted molar refractivity (Wildman–Crippen MR) is 96.1 cm³/mol. The number of aromatic nitrogens is 2. The van der Waals surface area contributed by atoms with E-state index in [2.05, 4.69) is 34.0 Å². The molecule has 1 saturated heterocycles. The van der Waals surface area contributed by atoms with Crippen LogP contribution in [-0.2, 0) is 24.0 Å². The summed E-state index contributed by atoms with van der Waals surface area (Å²) in [6.45, 7) is 7.16. The first-order valence-electron chi connectivity index (χ1n) is 8.89. The summed E-state index contributed by atoms with van der Waals surface area (Å²) in [4.78, 5) is 9.70. The van der Waals surface area contributed by atoms with Crippen LogP contribution in [0.25, 0.3) is 0 Å². The van der Waals surface area contributed by atoms with E-state index in [1.807, 2.05) is 24.3 Å². The summed E-state index contributed by atoms with van der Waals surface area (Å²) in [5.41, 5.74) is 1.18. The van der Waals surface area contributed by atoms with Crippen LogP contribution in [0.4, 0.5) is 19.1 Å². The van der Waals surface area contributed by atoms with E-state index in [9.17, 15) is 13.2 Å². The second kappa shape index (κ2) is 8.22. The maximum Gasteiger partial charge on any atom is 0.433 e. The molecule has 1 aliphatic rings. The van der Waals surface area contributed by atoms with E-state index in [1.165, 1.54) is 5.56 Å². The Labute approximate surface area is 156 Å². The molecule has 1 N–H and O–H groups in total. The van der Waals surface area contributed by atoms with Crippen LogP contribution in [0.15, 0.2) is 36.5 Å². The van der Waals surface area contributed by atoms with Gasteiger partial charge in [0.1, 0.15) is 5.69 Å². The van der Waals surface area contributed by atoms with E-state index in [-0.39, 0.29) is 18.2 Å². The normalized spacial score (nSPS) is 21.2. The van der Waals surface area contributed by atoms with Crippen molar-refractivity contribution in [3.63, 3.8) is 0 Å². The number of nitrogens with one attached hydrogen (secondary N) is 1.